The lowest BCUT2D eigenvalue weighted by Gasteiger charge is -2.13. The fraction of sp³-hybridized carbons (Fsp3) is 0.571. The van der Waals surface area contributed by atoms with E-state index >= 15 is 0 Å². The molecule has 21 heavy (non-hydrogen) atoms. The SMILES string of the molecule is CCCCCC(C)NCc1ccc([N+](=O)[O-])cc1[N+](=O)[O-]. The summed E-state index contributed by atoms with van der Waals surface area (Å²) >= 11 is 0. The zero-order valence-electron chi connectivity index (χ0n) is 12.4. The van der Waals surface area contributed by atoms with E-state index in [0.717, 1.165) is 25.3 Å². The molecule has 0 aliphatic carbocycles. The van der Waals surface area contributed by atoms with Gasteiger partial charge in [0.1, 0.15) is 0 Å². The van der Waals surface area contributed by atoms with Crippen LogP contribution in [-0.2, 0) is 6.54 Å². The molecule has 0 saturated heterocycles. The van der Waals surface area contributed by atoms with Gasteiger partial charge in [-0.1, -0.05) is 26.2 Å². The number of hydrogen-bond donors (Lipinski definition) is 1. The van der Waals surface area contributed by atoms with E-state index in [2.05, 4.69) is 12.2 Å². The highest BCUT2D eigenvalue weighted by Crippen LogP contribution is 2.24. The van der Waals surface area contributed by atoms with Gasteiger partial charge in [-0.15, -0.1) is 0 Å². The molecule has 0 radical (unpaired) electrons. The number of rotatable bonds is 9. The summed E-state index contributed by atoms with van der Waals surface area (Å²) in [6.45, 7) is 4.51. The van der Waals surface area contributed by atoms with Gasteiger partial charge in [0.25, 0.3) is 11.4 Å². The third kappa shape index (κ3) is 5.47. The second-order valence-electron chi connectivity index (χ2n) is 5.10. The summed E-state index contributed by atoms with van der Waals surface area (Å²) in [6, 6.07) is 4.01. The number of nitrogens with zero attached hydrogens (tertiary/aromatic N) is 2. The van der Waals surface area contributed by atoms with E-state index in [-0.39, 0.29) is 17.4 Å². The minimum atomic E-state index is -0.627. The average Bonchev–Trinajstić information content (AvgIpc) is 2.45. The number of non-ortho nitro benzene ring substituents is 1. The number of hydrogen-bond acceptors (Lipinski definition) is 5. The Morgan fingerprint density at radius 3 is 2.48 bits per heavy atom. The topological polar surface area (TPSA) is 98.3 Å². The van der Waals surface area contributed by atoms with Crippen LogP contribution in [-0.4, -0.2) is 15.9 Å². The Hall–Kier alpha value is -2.02. The maximum atomic E-state index is 11.0. The van der Waals surface area contributed by atoms with Gasteiger partial charge in [0.15, 0.2) is 0 Å². The molecule has 0 spiro atoms. The summed E-state index contributed by atoms with van der Waals surface area (Å²) in [7, 11) is 0. The smallest absolute Gasteiger partial charge is 0.280 e. The predicted molar refractivity (Wildman–Crippen MR) is 80.2 cm³/mol. The quantitative estimate of drug-likeness (QED) is 0.426. The Morgan fingerprint density at radius 1 is 1.19 bits per heavy atom. The van der Waals surface area contributed by atoms with Crippen LogP contribution in [0.25, 0.3) is 0 Å². The summed E-state index contributed by atoms with van der Waals surface area (Å²) in [5, 5.41) is 24.9. The van der Waals surface area contributed by atoms with Gasteiger partial charge >= 0.3 is 0 Å². The summed E-state index contributed by atoms with van der Waals surface area (Å²) in [6.07, 6.45) is 4.45. The van der Waals surface area contributed by atoms with E-state index in [1.165, 1.54) is 18.6 Å². The monoisotopic (exact) mass is 295 g/mol. The van der Waals surface area contributed by atoms with E-state index in [9.17, 15) is 20.2 Å². The molecule has 1 aromatic rings. The second-order valence-corrected chi connectivity index (χ2v) is 5.10. The van der Waals surface area contributed by atoms with E-state index in [0.29, 0.717) is 12.1 Å². The van der Waals surface area contributed by atoms with Crippen LogP contribution in [0.1, 0.15) is 45.1 Å². The molecule has 0 saturated carbocycles. The van der Waals surface area contributed by atoms with E-state index in [4.69, 9.17) is 0 Å². The van der Waals surface area contributed by atoms with Crippen LogP contribution in [0.5, 0.6) is 0 Å². The molecule has 1 unspecified atom stereocenters. The summed E-state index contributed by atoms with van der Waals surface area (Å²) in [4.78, 5) is 20.5. The average molecular weight is 295 g/mol. The van der Waals surface area contributed by atoms with Crippen LogP contribution in [0.2, 0.25) is 0 Å². The normalized spacial score (nSPS) is 12.1. The van der Waals surface area contributed by atoms with Gasteiger partial charge in [-0.25, -0.2) is 0 Å². The minimum Gasteiger partial charge on any atom is -0.310 e. The zero-order chi connectivity index (χ0) is 15.8. The van der Waals surface area contributed by atoms with Crippen LogP contribution in [0.15, 0.2) is 18.2 Å². The van der Waals surface area contributed by atoms with E-state index in [1.807, 2.05) is 6.92 Å². The molecule has 0 aliphatic rings. The van der Waals surface area contributed by atoms with Gasteiger partial charge in [0.2, 0.25) is 0 Å². The molecular formula is C14H21N3O4. The predicted octanol–water partition coefficient (Wildman–Crippen LogP) is 3.56. The van der Waals surface area contributed by atoms with Gasteiger partial charge in [0, 0.05) is 24.2 Å². The lowest BCUT2D eigenvalue weighted by Crippen LogP contribution is -2.25. The van der Waals surface area contributed by atoms with Gasteiger partial charge in [0.05, 0.1) is 15.9 Å². The zero-order valence-corrected chi connectivity index (χ0v) is 12.4. The van der Waals surface area contributed by atoms with Crippen molar-refractivity contribution in [2.45, 2.75) is 52.1 Å². The summed E-state index contributed by atoms with van der Waals surface area (Å²) in [5.74, 6) is 0. The first kappa shape index (κ1) is 17.0. The molecule has 0 aromatic heterocycles. The highest BCUT2D eigenvalue weighted by molar-refractivity contribution is 5.49. The first-order valence-electron chi connectivity index (χ1n) is 7.10. The third-order valence-electron chi connectivity index (χ3n) is 3.36. The Bertz CT molecular complexity index is 505. The molecule has 0 fully saturated rings. The van der Waals surface area contributed by atoms with Gasteiger partial charge < -0.3 is 5.32 Å². The van der Waals surface area contributed by atoms with Crippen molar-refractivity contribution < 1.29 is 9.85 Å². The first-order valence-corrected chi connectivity index (χ1v) is 7.10. The fourth-order valence-corrected chi connectivity index (χ4v) is 2.07. The van der Waals surface area contributed by atoms with Crippen molar-refractivity contribution in [3.8, 4) is 0 Å². The van der Waals surface area contributed by atoms with Crippen LogP contribution in [0.4, 0.5) is 11.4 Å². The third-order valence-corrected chi connectivity index (χ3v) is 3.36. The molecular weight excluding hydrogens is 274 g/mol. The largest absolute Gasteiger partial charge is 0.310 e. The molecule has 7 heteroatoms. The van der Waals surface area contributed by atoms with Crippen LogP contribution in [0, 0.1) is 20.2 Å². The summed E-state index contributed by atoms with van der Waals surface area (Å²) < 4.78 is 0. The fourth-order valence-electron chi connectivity index (χ4n) is 2.07. The second kappa shape index (κ2) is 8.31. The molecule has 1 rings (SSSR count). The van der Waals surface area contributed by atoms with Crippen molar-refractivity contribution in [2.75, 3.05) is 0 Å². The van der Waals surface area contributed by atoms with E-state index < -0.39 is 9.85 Å². The van der Waals surface area contributed by atoms with Crippen molar-refractivity contribution in [2.24, 2.45) is 0 Å². The maximum Gasteiger partial charge on any atom is 0.280 e. The molecule has 1 aromatic carbocycles. The molecule has 116 valence electrons. The Morgan fingerprint density at radius 2 is 1.90 bits per heavy atom. The number of benzene rings is 1. The van der Waals surface area contributed by atoms with Gasteiger partial charge in [-0.3, -0.25) is 20.2 Å². The molecule has 0 bridgehead atoms. The number of nitro benzene ring substituents is 2. The maximum absolute atomic E-state index is 11.0. The van der Waals surface area contributed by atoms with Crippen molar-refractivity contribution in [3.63, 3.8) is 0 Å². The highest BCUT2D eigenvalue weighted by atomic mass is 16.6. The minimum absolute atomic E-state index is 0.211. The molecule has 0 amide bonds. The Balaban J connectivity index is 2.70. The number of nitro groups is 2. The molecule has 0 heterocycles. The van der Waals surface area contributed by atoms with Gasteiger partial charge in [-0.2, -0.15) is 0 Å². The Labute approximate surface area is 123 Å². The molecule has 1 atom stereocenters. The molecule has 0 aliphatic heterocycles. The molecule has 7 nitrogen and oxygen atoms in total. The highest BCUT2D eigenvalue weighted by Gasteiger charge is 2.19. The Kier molecular flexibility index (Phi) is 6.74. The van der Waals surface area contributed by atoms with Crippen molar-refractivity contribution in [3.05, 3.63) is 44.0 Å². The molecule has 1 N–H and O–H groups in total. The van der Waals surface area contributed by atoms with Gasteiger partial charge in [-0.05, 0) is 19.4 Å². The van der Waals surface area contributed by atoms with Crippen LogP contribution >= 0.6 is 0 Å². The van der Waals surface area contributed by atoms with Crippen molar-refractivity contribution in [1.82, 2.24) is 5.32 Å². The lowest BCUT2D eigenvalue weighted by atomic mass is 10.1. The standard InChI is InChI=1S/C14H21N3O4/c1-3-4-5-6-11(2)15-10-12-7-8-13(16(18)19)9-14(12)17(20)21/h7-9,11,15H,3-6,10H2,1-2H3. The summed E-state index contributed by atoms with van der Waals surface area (Å²) in [5.41, 5.74) is -0.00755. The number of nitrogens with one attached hydrogen (secondary N) is 1. The van der Waals surface area contributed by atoms with E-state index in [1.54, 1.807) is 0 Å². The first-order chi connectivity index (χ1) is 9.95. The van der Waals surface area contributed by atoms with Crippen molar-refractivity contribution >= 4 is 11.4 Å². The van der Waals surface area contributed by atoms with Crippen LogP contribution in [0.3, 0.4) is 0 Å². The van der Waals surface area contributed by atoms with Crippen molar-refractivity contribution in [1.29, 1.82) is 0 Å². The van der Waals surface area contributed by atoms with Crippen LogP contribution < -0.4 is 5.32 Å². The number of unbranched alkanes of at least 4 members (excludes halogenated alkanes) is 2. The lowest BCUT2D eigenvalue weighted by molar-refractivity contribution is -0.394.